The molecule has 0 fully saturated rings. The highest BCUT2D eigenvalue weighted by Crippen LogP contribution is 2.33. The van der Waals surface area contributed by atoms with Crippen LogP contribution >= 0.6 is 23.1 Å². The van der Waals surface area contributed by atoms with E-state index >= 15 is 0 Å². The van der Waals surface area contributed by atoms with Crippen LogP contribution in [-0.4, -0.2) is 20.8 Å². The van der Waals surface area contributed by atoms with Crippen molar-refractivity contribution >= 4 is 39.3 Å². The first-order valence-electron chi connectivity index (χ1n) is 5.71. The predicted molar refractivity (Wildman–Crippen MR) is 78.5 cm³/mol. The second kappa shape index (κ2) is 4.80. The van der Waals surface area contributed by atoms with E-state index in [1.54, 1.807) is 6.92 Å². The van der Waals surface area contributed by atoms with E-state index < -0.39 is 11.6 Å². The van der Waals surface area contributed by atoms with E-state index in [4.69, 9.17) is 5.73 Å². The number of para-hydroxylation sites is 1. The fraction of sp³-hybridized carbons (Fsp3) is 0.0833. The number of fused-ring (bicyclic) bond motifs is 1. The van der Waals surface area contributed by atoms with Crippen LogP contribution in [0.2, 0.25) is 0 Å². The highest BCUT2D eigenvalue weighted by Gasteiger charge is 2.17. The normalized spacial score (nSPS) is 11.1. The van der Waals surface area contributed by atoms with E-state index in [9.17, 15) is 9.59 Å². The van der Waals surface area contributed by atoms with Crippen molar-refractivity contribution < 1.29 is 4.79 Å². The molecule has 20 heavy (non-hydrogen) atoms. The Kier molecular flexibility index (Phi) is 3.11. The van der Waals surface area contributed by atoms with Crippen LogP contribution in [0.15, 0.2) is 38.3 Å². The van der Waals surface area contributed by atoms with Crippen molar-refractivity contribution in [3.8, 4) is 0 Å². The topological polar surface area (TPSA) is 93.8 Å². The highest BCUT2D eigenvalue weighted by atomic mass is 32.2. The first kappa shape index (κ1) is 12.9. The number of thiazole rings is 1. The van der Waals surface area contributed by atoms with Gasteiger partial charge in [-0.2, -0.15) is 4.68 Å². The minimum atomic E-state index is -0.825. The zero-order chi connectivity index (χ0) is 14.3. The zero-order valence-corrected chi connectivity index (χ0v) is 12.0. The van der Waals surface area contributed by atoms with Gasteiger partial charge in [0.25, 0.3) is 5.56 Å². The van der Waals surface area contributed by atoms with Gasteiger partial charge in [-0.05, 0) is 19.1 Å². The number of rotatable bonds is 2. The summed E-state index contributed by atoms with van der Waals surface area (Å²) < 4.78 is 2.60. The molecule has 2 aromatic heterocycles. The molecule has 3 rings (SSSR count). The smallest absolute Gasteiger partial charge is 0.341 e. The number of nitrogens with two attached hydrogens (primary N) is 1. The fourth-order valence-corrected chi connectivity index (χ4v) is 3.87. The molecule has 6 nitrogen and oxygen atoms in total. The number of nitrogens with zero attached hydrogens (tertiary/aromatic N) is 2. The quantitative estimate of drug-likeness (QED) is 0.758. The van der Waals surface area contributed by atoms with Crippen LogP contribution in [0.25, 0.3) is 10.2 Å². The van der Waals surface area contributed by atoms with Gasteiger partial charge in [0.05, 0.1) is 10.2 Å². The summed E-state index contributed by atoms with van der Waals surface area (Å²) in [4.78, 5) is 28.0. The summed E-state index contributed by atoms with van der Waals surface area (Å²) in [5.74, 6) is 0. The lowest BCUT2D eigenvalue weighted by Crippen LogP contribution is -2.30. The maximum absolute atomic E-state index is 12.0. The molecule has 0 aliphatic rings. The number of benzene rings is 1. The molecule has 3 aromatic rings. The summed E-state index contributed by atoms with van der Waals surface area (Å²) in [6.45, 7) is 1.72. The van der Waals surface area contributed by atoms with E-state index in [2.05, 4.69) is 10.1 Å². The highest BCUT2D eigenvalue weighted by molar-refractivity contribution is 8.01. The van der Waals surface area contributed by atoms with Crippen molar-refractivity contribution in [1.29, 1.82) is 0 Å². The number of carbonyl (C=O) groups excluding carboxylic acids is 1. The van der Waals surface area contributed by atoms with Gasteiger partial charge in [-0.3, -0.25) is 9.89 Å². The first-order valence-corrected chi connectivity index (χ1v) is 7.34. The summed E-state index contributed by atoms with van der Waals surface area (Å²) in [6, 6.07) is 6.92. The number of aromatic nitrogens is 3. The van der Waals surface area contributed by atoms with Gasteiger partial charge in [0.15, 0.2) is 4.34 Å². The van der Waals surface area contributed by atoms with Gasteiger partial charge in [0, 0.05) is 5.69 Å². The van der Waals surface area contributed by atoms with E-state index in [-0.39, 0.29) is 0 Å². The van der Waals surface area contributed by atoms with Crippen molar-refractivity contribution in [1.82, 2.24) is 14.8 Å². The molecule has 0 saturated heterocycles. The Bertz CT molecular complexity index is 829. The Morgan fingerprint density at radius 1 is 1.45 bits per heavy atom. The molecule has 0 bridgehead atoms. The van der Waals surface area contributed by atoms with Gasteiger partial charge >= 0.3 is 6.03 Å². The molecule has 0 aliphatic heterocycles. The van der Waals surface area contributed by atoms with Crippen LogP contribution in [0.3, 0.4) is 0 Å². The molecule has 0 radical (unpaired) electrons. The number of amides is 1. The SMILES string of the molecule is Cc1[nH]n(C(N)=O)c(=O)c1Sc1nc2ccccc2s1. The lowest BCUT2D eigenvalue weighted by Gasteiger charge is -1.91. The van der Waals surface area contributed by atoms with Crippen molar-refractivity contribution in [3.63, 3.8) is 0 Å². The third-order valence-corrected chi connectivity index (χ3v) is 4.98. The third-order valence-electron chi connectivity index (χ3n) is 2.70. The monoisotopic (exact) mass is 306 g/mol. The van der Waals surface area contributed by atoms with Crippen LogP contribution in [0.1, 0.15) is 5.69 Å². The summed E-state index contributed by atoms with van der Waals surface area (Å²) in [6.07, 6.45) is 0. The summed E-state index contributed by atoms with van der Waals surface area (Å²) in [7, 11) is 0. The van der Waals surface area contributed by atoms with Crippen molar-refractivity contribution in [2.75, 3.05) is 0 Å². The Morgan fingerprint density at radius 2 is 2.20 bits per heavy atom. The van der Waals surface area contributed by atoms with Crippen LogP contribution in [-0.2, 0) is 0 Å². The minimum absolute atomic E-state index is 0.433. The fourth-order valence-electron chi connectivity index (χ4n) is 1.79. The van der Waals surface area contributed by atoms with Crippen LogP contribution in [0.5, 0.6) is 0 Å². The minimum Gasteiger partial charge on any atom is -0.350 e. The second-order valence-electron chi connectivity index (χ2n) is 4.09. The Morgan fingerprint density at radius 3 is 2.85 bits per heavy atom. The van der Waals surface area contributed by atoms with E-state index in [1.165, 1.54) is 23.1 Å². The number of hydrogen-bond acceptors (Lipinski definition) is 5. The van der Waals surface area contributed by atoms with Gasteiger partial charge in [0.2, 0.25) is 0 Å². The molecule has 1 amide bonds. The third kappa shape index (κ3) is 2.12. The molecule has 0 unspecified atom stereocenters. The molecule has 3 N–H and O–H groups in total. The van der Waals surface area contributed by atoms with Crippen molar-refractivity contribution in [3.05, 3.63) is 40.3 Å². The van der Waals surface area contributed by atoms with E-state index in [0.717, 1.165) is 19.2 Å². The van der Waals surface area contributed by atoms with Gasteiger partial charge in [0.1, 0.15) is 4.90 Å². The van der Waals surface area contributed by atoms with Gasteiger partial charge in [-0.1, -0.05) is 23.9 Å². The van der Waals surface area contributed by atoms with Crippen molar-refractivity contribution in [2.45, 2.75) is 16.2 Å². The Labute approximate surface area is 121 Å². The predicted octanol–water partition coefficient (Wildman–Crippen LogP) is 2.17. The largest absolute Gasteiger partial charge is 0.350 e. The maximum atomic E-state index is 12.0. The van der Waals surface area contributed by atoms with Crippen LogP contribution in [0.4, 0.5) is 4.79 Å². The lowest BCUT2D eigenvalue weighted by molar-refractivity contribution is 0.247. The Hall–Kier alpha value is -2.06. The number of nitrogens with one attached hydrogen (secondary N) is 1. The molecule has 102 valence electrons. The number of aryl methyl sites for hydroxylation is 1. The number of hydrogen-bond donors (Lipinski definition) is 2. The first-order chi connectivity index (χ1) is 9.56. The molecular formula is C12H10N4O2S2. The van der Waals surface area contributed by atoms with Gasteiger partial charge in [-0.25, -0.2) is 9.78 Å². The maximum Gasteiger partial charge on any atom is 0.341 e. The molecule has 0 saturated carbocycles. The standard InChI is InChI=1S/C12H10N4O2S2/c1-6-9(10(17)16(15-6)11(13)18)20-12-14-7-4-2-3-5-8(7)19-12/h2-5,15H,1H3,(H2,13,18). The van der Waals surface area contributed by atoms with E-state index in [1.807, 2.05) is 24.3 Å². The van der Waals surface area contributed by atoms with Gasteiger partial charge < -0.3 is 5.73 Å². The number of primary amides is 1. The van der Waals surface area contributed by atoms with E-state index in [0.29, 0.717) is 10.6 Å². The number of aromatic amines is 1. The van der Waals surface area contributed by atoms with Crippen LogP contribution < -0.4 is 11.3 Å². The zero-order valence-electron chi connectivity index (χ0n) is 10.4. The second-order valence-corrected chi connectivity index (χ2v) is 6.38. The van der Waals surface area contributed by atoms with Crippen molar-refractivity contribution in [2.24, 2.45) is 5.73 Å². The average Bonchev–Trinajstić information content (AvgIpc) is 2.94. The summed E-state index contributed by atoms with van der Waals surface area (Å²) in [5, 5.41) is 2.65. The lowest BCUT2D eigenvalue weighted by atomic mass is 10.3. The summed E-state index contributed by atoms with van der Waals surface area (Å²) in [5.41, 5.74) is 6.16. The summed E-state index contributed by atoms with van der Waals surface area (Å²) >= 11 is 2.74. The molecule has 2 heterocycles. The van der Waals surface area contributed by atoms with Gasteiger partial charge in [-0.15, -0.1) is 11.3 Å². The molecular weight excluding hydrogens is 296 g/mol. The molecule has 1 aromatic carbocycles. The molecule has 8 heteroatoms. The average molecular weight is 306 g/mol. The Balaban J connectivity index is 2.03. The number of carbonyl (C=O) groups is 1. The molecule has 0 aliphatic carbocycles. The molecule has 0 spiro atoms. The molecule has 0 atom stereocenters. The van der Waals surface area contributed by atoms with Crippen LogP contribution in [0, 0.1) is 6.92 Å². The number of H-pyrrole nitrogens is 1.